The number of rotatable bonds is 5. The number of hydrogen-bond donors (Lipinski definition) is 2. The first kappa shape index (κ1) is 18.9. The maximum atomic E-state index is 12.7. The van der Waals surface area contributed by atoms with E-state index < -0.39 is 0 Å². The molecule has 0 radical (unpaired) electrons. The summed E-state index contributed by atoms with van der Waals surface area (Å²) >= 11 is 0. The smallest absolute Gasteiger partial charge is 0.253 e. The maximum absolute atomic E-state index is 12.7. The van der Waals surface area contributed by atoms with Gasteiger partial charge in [-0.05, 0) is 70.2 Å². The van der Waals surface area contributed by atoms with Crippen molar-refractivity contribution in [1.82, 2.24) is 15.5 Å². The number of nitrogens with one attached hydrogen (secondary N) is 2. The Balaban J connectivity index is 1.46. The zero-order valence-electron chi connectivity index (χ0n) is 15.8. The van der Waals surface area contributed by atoms with Gasteiger partial charge in [0.05, 0.1) is 5.92 Å². The van der Waals surface area contributed by atoms with Crippen molar-refractivity contribution >= 4 is 11.8 Å². The van der Waals surface area contributed by atoms with Crippen molar-refractivity contribution in [2.24, 2.45) is 11.8 Å². The highest BCUT2D eigenvalue weighted by atomic mass is 16.2. The third kappa shape index (κ3) is 5.07. The molecule has 1 aromatic carbocycles. The predicted molar refractivity (Wildman–Crippen MR) is 103 cm³/mol. The van der Waals surface area contributed by atoms with Gasteiger partial charge < -0.3 is 15.5 Å². The lowest BCUT2D eigenvalue weighted by Crippen LogP contribution is -2.45. The van der Waals surface area contributed by atoms with Gasteiger partial charge in [-0.3, -0.25) is 9.59 Å². The van der Waals surface area contributed by atoms with Gasteiger partial charge in [0.1, 0.15) is 0 Å². The molecule has 1 aromatic rings. The van der Waals surface area contributed by atoms with Crippen LogP contribution in [0, 0.1) is 18.8 Å². The summed E-state index contributed by atoms with van der Waals surface area (Å²) in [7, 11) is 0. The molecule has 2 heterocycles. The minimum atomic E-state index is -0.0809. The van der Waals surface area contributed by atoms with Crippen LogP contribution in [-0.2, 0) is 4.79 Å². The number of hydrogen-bond acceptors (Lipinski definition) is 3. The number of nitrogens with zero attached hydrogens (tertiary/aromatic N) is 1. The van der Waals surface area contributed by atoms with Crippen molar-refractivity contribution in [2.75, 3.05) is 32.7 Å². The van der Waals surface area contributed by atoms with Gasteiger partial charge in [0.25, 0.3) is 5.91 Å². The van der Waals surface area contributed by atoms with Crippen molar-refractivity contribution in [3.63, 3.8) is 0 Å². The van der Waals surface area contributed by atoms with Crippen LogP contribution in [0.2, 0.25) is 0 Å². The van der Waals surface area contributed by atoms with E-state index in [1.54, 1.807) is 0 Å². The maximum Gasteiger partial charge on any atom is 0.253 e. The molecule has 2 amide bonds. The van der Waals surface area contributed by atoms with Gasteiger partial charge in [-0.2, -0.15) is 0 Å². The van der Waals surface area contributed by atoms with Crippen LogP contribution >= 0.6 is 0 Å². The molecular formula is C21H31N3O2. The second-order valence-electron chi connectivity index (χ2n) is 7.75. The van der Waals surface area contributed by atoms with Crippen LogP contribution in [0.1, 0.15) is 48.0 Å². The van der Waals surface area contributed by atoms with Crippen molar-refractivity contribution in [1.29, 1.82) is 0 Å². The first-order chi connectivity index (χ1) is 12.6. The fraction of sp³-hybridized carbons (Fsp3) is 0.619. The Bertz CT molecular complexity index is 608. The average Bonchev–Trinajstić information content (AvgIpc) is 2.69. The summed E-state index contributed by atoms with van der Waals surface area (Å²) in [6.07, 6.45) is 5.29. The molecule has 0 aromatic heterocycles. The molecule has 2 aliphatic rings. The Morgan fingerprint density at radius 3 is 2.73 bits per heavy atom. The van der Waals surface area contributed by atoms with Crippen LogP contribution in [0.5, 0.6) is 0 Å². The summed E-state index contributed by atoms with van der Waals surface area (Å²) in [6, 6.07) is 7.67. The molecule has 2 N–H and O–H groups in total. The summed E-state index contributed by atoms with van der Waals surface area (Å²) in [4.78, 5) is 27.0. The lowest BCUT2D eigenvalue weighted by Gasteiger charge is -2.32. The third-order valence-corrected chi connectivity index (χ3v) is 5.63. The number of piperidine rings is 2. The van der Waals surface area contributed by atoms with Crippen LogP contribution < -0.4 is 10.6 Å². The highest BCUT2D eigenvalue weighted by Gasteiger charge is 2.28. The molecule has 2 unspecified atom stereocenters. The zero-order valence-corrected chi connectivity index (χ0v) is 15.8. The van der Waals surface area contributed by atoms with E-state index in [9.17, 15) is 9.59 Å². The number of carbonyl (C=O) groups is 2. The molecule has 2 aliphatic heterocycles. The van der Waals surface area contributed by atoms with Gasteiger partial charge in [-0.25, -0.2) is 0 Å². The average molecular weight is 357 g/mol. The minimum Gasteiger partial charge on any atom is -0.356 e. The molecule has 2 saturated heterocycles. The first-order valence-electron chi connectivity index (χ1n) is 9.98. The summed E-state index contributed by atoms with van der Waals surface area (Å²) in [6.45, 7) is 6.22. The molecule has 0 bridgehead atoms. The Morgan fingerprint density at radius 2 is 2.00 bits per heavy atom. The molecular weight excluding hydrogens is 326 g/mol. The Hall–Kier alpha value is -1.88. The summed E-state index contributed by atoms with van der Waals surface area (Å²) in [5, 5.41) is 6.52. The summed E-state index contributed by atoms with van der Waals surface area (Å²) in [5.41, 5.74) is 1.85. The van der Waals surface area contributed by atoms with Crippen molar-refractivity contribution < 1.29 is 9.59 Å². The number of likely N-dealkylation sites (tertiary alicyclic amines) is 1. The lowest BCUT2D eigenvalue weighted by molar-refractivity contribution is -0.126. The molecule has 2 fully saturated rings. The van der Waals surface area contributed by atoms with Gasteiger partial charge >= 0.3 is 0 Å². The largest absolute Gasteiger partial charge is 0.356 e. The highest BCUT2D eigenvalue weighted by molar-refractivity contribution is 5.94. The van der Waals surface area contributed by atoms with E-state index in [0.717, 1.165) is 51.0 Å². The Labute approximate surface area is 156 Å². The topological polar surface area (TPSA) is 61.4 Å². The van der Waals surface area contributed by atoms with Crippen LogP contribution in [0.15, 0.2) is 24.3 Å². The van der Waals surface area contributed by atoms with Crippen LogP contribution in [0.3, 0.4) is 0 Å². The quantitative estimate of drug-likeness (QED) is 0.850. The van der Waals surface area contributed by atoms with E-state index >= 15 is 0 Å². The SMILES string of the molecule is Cc1ccc(C(=O)N2CCCC(C(=O)NCCC3CCCNC3)C2)cc1. The molecule has 0 spiro atoms. The Kier molecular flexibility index (Phi) is 6.67. The van der Waals surface area contributed by atoms with Crippen LogP contribution in [0.4, 0.5) is 0 Å². The van der Waals surface area contributed by atoms with Crippen LogP contribution in [-0.4, -0.2) is 49.4 Å². The van der Waals surface area contributed by atoms with E-state index in [0.29, 0.717) is 18.0 Å². The van der Waals surface area contributed by atoms with Gasteiger partial charge in [-0.1, -0.05) is 17.7 Å². The summed E-state index contributed by atoms with van der Waals surface area (Å²) < 4.78 is 0. The van der Waals surface area contributed by atoms with E-state index in [1.807, 2.05) is 36.1 Å². The number of aryl methyl sites for hydroxylation is 1. The van der Waals surface area contributed by atoms with E-state index in [2.05, 4.69) is 10.6 Å². The zero-order chi connectivity index (χ0) is 18.4. The standard InChI is InChI=1S/C21H31N3O2/c1-16-6-8-18(9-7-16)21(26)24-13-3-5-19(15-24)20(25)23-12-10-17-4-2-11-22-14-17/h6-9,17,19,22H,2-5,10-15H2,1H3,(H,23,25). The van der Waals surface area contributed by atoms with Gasteiger partial charge in [0.15, 0.2) is 0 Å². The van der Waals surface area contributed by atoms with E-state index in [4.69, 9.17) is 0 Å². The molecule has 26 heavy (non-hydrogen) atoms. The molecule has 3 rings (SSSR count). The second-order valence-corrected chi connectivity index (χ2v) is 7.75. The summed E-state index contributed by atoms with van der Waals surface area (Å²) in [5.74, 6) is 0.739. The van der Waals surface area contributed by atoms with Gasteiger partial charge in [0.2, 0.25) is 5.91 Å². The van der Waals surface area contributed by atoms with E-state index in [1.165, 1.54) is 12.8 Å². The lowest BCUT2D eigenvalue weighted by atomic mass is 9.95. The molecule has 0 aliphatic carbocycles. The molecule has 142 valence electrons. The second kappa shape index (κ2) is 9.17. The van der Waals surface area contributed by atoms with Gasteiger partial charge in [0, 0.05) is 25.2 Å². The molecule has 5 heteroatoms. The third-order valence-electron chi connectivity index (χ3n) is 5.63. The van der Waals surface area contributed by atoms with Gasteiger partial charge in [-0.15, -0.1) is 0 Å². The Morgan fingerprint density at radius 1 is 1.19 bits per heavy atom. The molecule has 0 saturated carbocycles. The molecule has 2 atom stereocenters. The number of amides is 2. The molecule has 5 nitrogen and oxygen atoms in total. The van der Waals surface area contributed by atoms with Crippen LogP contribution in [0.25, 0.3) is 0 Å². The predicted octanol–water partition coefficient (Wildman–Crippen LogP) is 2.35. The minimum absolute atomic E-state index is 0.0378. The van der Waals surface area contributed by atoms with E-state index in [-0.39, 0.29) is 17.7 Å². The monoisotopic (exact) mass is 357 g/mol. The highest BCUT2D eigenvalue weighted by Crippen LogP contribution is 2.19. The number of carbonyl (C=O) groups excluding carboxylic acids is 2. The van der Waals surface area contributed by atoms with Crippen molar-refractivity contribution in [3.05, 3.63) is 35.4 Å². The fourth-order valence-corrected chi connectivity index (χ4v) is 3.97. The first-order valence-corrected chi connectivity index (χ1v) is 9.98. The fourth-order valence-electron chi connectivity index (χ4n) is 3.97. The van der Waals surface area contributed by atoms with Crippen molar-refractivity contribution in [2.45, 2.75) is 39.0 Å². The van der Waals surface area contributed by atoms with Crippen molar-refractivity contribution in [3.8, 4) is 0 Å². The normalized spacial score (nSPS) is 23.5. The number of benzene rings is 1.